The third-order valence-electron chi connectivity index (χ3n) is 4.65. The largest absolute Gasteiger partial charge is 0.369 e. The Bertz CT molecular complexity index is 580. The number of primary amides is 1. The smallest absolute Gasteiger partial charge is 0.231 e. The molecule has 7 nitrogen and oxygen atoms in total. The van der Waals surface area contributed by atoms with Crippen LogP contribution >= 0.6 is 0 Å². The van der Waals surface area contributed by atoms with E-state index in [1.165, 1.54) is 0 Å². The molecule has 0 unspecified atom stereocenters. The summed E-state index contributed by atoms with van der Waals surface area (Å²) in [5.41, 5.74) is 6.16. The number of aryl methyl sites for hydroxylation is 1. The fourth-order valence-electron chi connectivity index (χ4n) is 3.38. The second-order valence-corrected chi connectivity index (χ2v) is 6.62. The van der Waals surface area contributed by atoms with Crippen molar-refractivity contribution in [1.82, 2.24) is 14.7 Å². The molecule has 1 aliphatic heterocycles. The number of piperidine rings is 1. The van der Waals surface area contributed by atoms with Crippen molar-refractivity contribution in [2.75, 3.05) is 25.0 Å². The van der Waals surface area contributed by atoms with Crippen molar-refractivity contribution in [1.29, 1.82) is 0 Å². The predicted molar refractivity (Wildman–Crippen MR) is 93.6 cm³/mol. The van der Waals surface area contributed by atoms with Gasteiger partial charge in [0, 0.05) is 12.6 Å². The second kappa shape index (κ2) is 8.28. The molecule has 134 valence electrons. The van der Waals surface area contributed by atoms with Gasteiger partial charge in [-0.1, -0.05) is 13.8 Å². The summed E-state index contributed by atoms with van der Waals surface area (Å²) >= 11 is 0. The van der Waals surface area contributed by atoms with Gasteiger partial charge in [0.25, 0.3) is 0 Å². The molecule has 3 N–H and O–H groups in total. The number of nitrogens with two attached hydrogens (primary N) is 1. The highest BCUT2D eigenvalue weighted by molar-refractivity contribution is 5.92. The van der Waals surface area contributed by atoms with E-state index in [1.54, 1.807) is 0 Å². The Morgan fingerprint density at radius 2 is 2.12 bits per heavy atom. The van der Waals surface area contributed by atoms with Gasteiger partial charge in [0.05, 0.1) is 24.2 Å². The van der Waals surface area contributed by atoms with Crippen molar-refractivity contribution in [3.05, 3.63) is 11.8 Å². The zero-order chi connectivity index (χ0) is 17.7. The summed E-state index contributed by atoms with van der Waals surface area (Å²) in [7, 11) is 0. The number of anilines is 1. The summed E-state index contributed by atoms with van der Waals surface area (Å²) in [4.78, 5) is 25.7. The molecule has 2 heterocycles. The number of rotatable bonds is 7. The molecule has 1 aromatic rings. The second-order valence-electron chi connectivity index (χ2n) is 6.62. The van der Waals surface area contributed by atoms with Crippen LogP contribution in [0.1, 0.15) is 51.3 Å². The third-order valence-corrected chi connectivity index (χ3v) is 4.65. The first-order valence-corrected chi connectivity index (χ1v) is 8.82. The molecule has 1 aromatic heterocycles. The van der Waals surface area contributed by atoms with E-state index in [0.717, 1.165) is 43.7 Å². The number of nitrogens with zero attached hydrogens (tertiary/aromatic N) is 3. The van der Waals surface area contributed by atoms with Crippen LogP contribution in [0.15, 0.2) is 6.07 Å². The number of carbonyl (C=O) groups excluding carboxylic acids is 2. The van der Waals surface area contributed by atoms with Gasteiger partial charge in [0.1, 0.15) is 5.82 Å². The van der Waals surface area contributed by atoms with Crippen LogP contribution in [-0.2, 0) is 9.59 Å². The van der Waals surface area contributed by atoms with E-state index in [2.05, 4.69) is 24.3 Å². The van der Waals surface area contributed by atoms with Crippen LogP contribution in [0.2, 0.25) is 0 Å². The van der Waals surface area contributed by atoms with Crippen LogP contribution in [0, 0.1) is 12.8 Å². The number of hydrogen-bond donors (Lipinski definition) is 2. The average Bonchev–Trinajstić information content (AvgIpc) is 2.88. The fourth-order valence-corrected chi connectivity index (χ4v) is 3.38. The zero-order valence-corrected chi connectivity index (χ0v) is 14.9. The summed E-state index contributed by atoms with van der Waals surface area (Å²) in [6, 6.07) is 2.20. The first-order valence-electron chi connectivity index (χ1n) is 8.82. The monoisotopic (exact) mass is 335 g/mol. The summed E-state index contributed by atoms with van der Waals surface area (Å²) in [6.07, 6.45) is 3.67. The van der Waals surface area contributed by atoms with Gasteiger partial charge < -0.3 is 11.1 Å². The van der Waals surface area contributed by atoms with E-state index in [9.17, 15) is 9.59 Å². The summed E-state index contributed by atoms with van der Waals surface area (Å²) in [6.45, 7) is 7.79. The summed E-state index contributed by atoms with van der Waals surface area (Å²) in [5.74, 6) is 0.288. The molecule has 1 atom stereocenters. The number of likely N-dealkylation sites (tertiary alicyclic amines) is 1. The highest BCUT2D eigenvalue weighted by atomic mass is 16.2. The lowest BCUT2D eigenvalue weighted by Crippen LogP contribution is -2.44. The molecular formula is C17H29N5O2. The lowest BCUT2D eigenvalue weighted by Gasteiger charge is -2.31. The Morgan fingerprint density at radius 1 is 1.42 bits per heavy atom. The molecule has 0 spiro atoms. The van der Waals surface area contributed by atoms with Crippen LogP contribution in [0.3, 0.4) is 0 Å². The number of nitrogens with one attached hydrogen (secondary N) is 1. The van der Waals surface area contributed by atoms with Gasteiger partial charge >= 0.3 is 0 Å². The summed E-state index contributed by atoms with van der Waals surface area (Å²) < 4.78 is 1.93. The highest BCUT2D eigenvalue weighted by Gasteiger charge is 2.27. The lowest BCUT2D eigenvalue weighted by molar-refractivity contribution is -0.124. The molecule has 0 aromatic carbocycles. The molecule has 1 saturated heterocycles. The standard InChI is InChI=1S/C17H29N5O2/c1-4-14(5-2)22-16(9-12(3)20-22)19-17(24)13-7-6-8-21(10-13)11-15(18)23/h9,13-14H,4-8,10-11H2,1-3H3,(H2,18,23)(H,19,24)/t13-/m0/s1. The van der Waals surface area contributed by atoms with Crippen LogP contribution in [0.4, 0.5) is 5.82 Å². The van der Waals surface area contributed by atoms with Crippen LogP contribution < -0.4 is 11.1 Å². The topological polar surface area (TPSA) is 93.2 Å². The SMILES string of the molecule is CCC(CC)n1nc(C)cc1NC(=O)[C@H]1CCCN(CC(N)=O)C1. The highest BCUT2D eigenvalue weighted by Crippen LogP contribution is 2.24. The molecular weight excluding hydrogens is 306 g/mol. The van der Waals surface area contributed by atoms with E-state index in [1.807, 2.05) is 22.6 Å². The van der Waals surface area contributed by atoms with Gasteiger partial charge in [-0.3, -0.25) is 14.5 Å². The molecule has 24 heavy (non-hydrogen) atoms. The third kappa shape index (κ3) is 4.56. The first-order chi connectivity index (χ1) is 11.4. The maximum absolute atomic E-state index is 12.7. The molecule has 1 aliphatic rings. The van der Waals surface area contributed by atoms with E-state index < -0.39 is 0 Å². The Labute approximate surface area is 143 Å². The first kappa shape index (κ1) is 18.4. The van der Waals surface area contributed by atoms with Crippen LogP contribution in [-0.4, -0.2) is 46.1 Å². The Balaban J connectivity index is 2.05. The number of hydrogen-bond acceptors (Lipinski definition) is 4. The van der Waals surface area contributed by atoms with E-state index in [0.29, 0.717) is 6.54 Å². The van der Waals surface area contributed by atoms with Crippen molar-refractivity contribution in [3.63, 3.8) is 0 Å². The summed E-state index contributed by atoms with van der Waals surface area (Å²) in [5, 5.41) is 7.58. The molecule has 2 amide bonds. The van der Waals surface area contributed by atoms with Crippen LogP contribution in [0.5, 0.6) is 0 Å². The van der Waals surface area contributed by atoms with Gasteiger partial charge in [-0.25, -0.2) is 4.68 Å². The molecule has 1 fully saturated rings. The molecule has 0 bridgehead atoms. The molecule has 7 heteroatoms. The van der Waals surface area contributed by atoms with Gasteiger partial charge in [-0.2, -0.15) is 5.10 Å². The quantitative estimate of drug-likeness (QED) is 0.793. The van der Waals surface area contributed by atoms with Crippen molar-refractivity contribution < 1.29 is 9.59 Å². The van der Waals surface area contributed by atoms with Crippen molar-refractivity contribution >= 4 is 17.6 Å². The minimum Gasteiger partial charge on any atom is -0.369 e. The normalized spacial score (nSPS) is 18.8. The molecule has 0 aliphatic carbocycles. The molecule has 0 radical (unpaired) electrons. The van der Waals surface area contributed by atoms with Crippen molar-refractivity contribution in [3.8, 4) is 0 Å². The van der Waals surface area contributed by atoms with Crippen molar-refractivity contribution in [2.24, 2.45) is 11.7 Å². The van der Waals surface area contributed by atoms with E-state index in [4.69, 9.17) is 5.73 Å². The number of amides is 2. The van der Waals surface area contributed by atoms with E-state index >= 15 is 0 Å². The number of carbonyl (C=O) groups is 2. The maximum atomic E-state index is 12.7. The van der Waals surface area contributed by atoms with Crippen molar-refractivity contribution in [2.45, 2.75) is 52.5 Å². The van der Waals surface area contributed by atoms with Gasteiger partial charge in [-0.05, 0) is 39.2 Å². The Hall–Kier alpha value is -1.89. The van der Waals surface area contributed by atoms with Crippen LogP contribution in [0.25, 0.3) is 0 Å². The van der Waals surface area contributed by atoms with Gasteiger partial charge in [0.2, 0.25) is 11.8 Å². The lowest BCUT2D eigenvalue weighted by atomic mass is 9.97. The predicted octanol–water partition coefficient (Wildman–Crippen LogP) is 1.69. The van der Waals surface area contributed by atoms with E-state index in [-0.39, 0.29) is 30.3 Å². The van der Waals surface area contributed by atoms with Gasteiger partial charge in [-0.15, -0.1) is 0 Å². The Morgan fingerprint density at radius 3 is 2.75 bits per heavy atom. The average molecular weight is 335 g/mol. The fraction of sp³-hybridized carbons (Fsp3) is 0.706. The maximum Gasteiger partial charge on any atom is 0.231 e. The van der Waals surface area contributed by atoms with Gasteiger partial charge in [0.15, 0.2) is 0 Å². The number of aromatic nitrogens is 2. The molecule has 0 saturated carbocycles. The zero-order valence-electron chi connectivity index (χ0n) is 14.9. The minimum atomic E-state index is -0.349. The minimum absolute atomic E-state index is 0.00345. The molecule has 2 rings (SSSR count). The Kier molecular flexibility index (Phi) is 6.36.